The van der Waals surface area contributed by atoms with Crippen molar-refractivity contribution >= 4 is 67.5 Å². The van der Waals surface area contributed by atoms with Gasteiger partial charge in [0, 0.05) is 55.0 Å². The number of H-pyrrole nitrogens is 2. The van der Waals surface area contributed by atoms with Crippen LogP contribution in [0.15, 0.2) is 48.5 Å². The van der Waals surface area contributed by atoms with Crippen molar-refractivity contribution in [3.05, 3.63) is 59.2 Å². The van der Waals surface area contributed by atoms with Crippen LogP contribution in [0.5, 0.6) is 0 Å². The van der Waals surface area contributed by atoms with E-state index in [0.29, 0.717) is 6.42 Å². The lowest BCUT2D eigenvalue weighted by Crippen LogP contribution is -2.39. The van der Waals surface area contributed by atoms with E-state index in [1.165, 1.54) is 0 Å². The number of ether oxygens (including phenoxy) is 1. The lowest BCUT2D eigenvalue weighted by Gasteiger charge is -2.32. The third kappa shape index (κ3) is 2.37. The van der Waals surface area contributed by atoms with Gasteiger partial charge in [-0.25, -0.2) is 0 Å². The van der Waals surface area contributed by atoms with Crippen LogP contribution >= 0.6 is 0 Å². The van der Waals surface area contributed by atoms with Crippen LogP contribution in [0.2, 0.25) is 0 Å². The van der Waals surface area contributed by atoms with Crippen molar-refractivity contribution in [3.63, 3.8) is 0 Å². The van der Waals surface area contributed by atoms with E-state index in [-0.39, 0.29) is 6.61 Å². The van der Waals surface area contributed by atoms with Crippen molar-refractivity contribution in [3.8, 4) is 0 Å². The molecule has 0 unspecified atom stereocenters. The van der Waals surface area contributed by atoms with E-state index in [0.717, 1.165) is 65.1 Å². The first kappa shape index (κ1) is 18.9. The summed E-state index contributed by atoms with van der Waals surface area (Å²) in [5.41, 5.74) is 4.07. The van der Waals surface area contributed by atoms with Crippen molar-refractivity contribution in [2.24, 2.45) is 0 Å². The second-order valence-electron chi connectivity index (χ2n) is 9.02. The summed E-state index contributed by atoms with van der Waals surface area (Å²) in [6.45, 7) is 8.72. The van der Waals surface area contributed by atoms with Crippen molar-refractivity contribution in [1.29, 1.82) is 0 Å². The number of nitrogens with zero attached hydrogens (tertiary/aromatic N) is 1. The second-order valence-corrected chi connectivity index (χ2v) is 9.02. The SMILES string of the molecule is C=c1[nH]c(=C)c2c1c1c3ccccc3[nH]c1c1c2c2ccccc2n1[C@H]1C[C@@H](O)[C@@H](O)CO1. The van der Waals surface area contributed by atoms with Gasteiger partial charge in [-0.05, 0) is 12.1 Å². The highest BCUT2D eigenvalue weighted by Crippen LogP contribution is 2.43. The first-order valence-corrected chi connectivity index (χ1v) is 11.2. The van der Waals surface area contributed by atoms with Gasteiger partial charge in [0.1, 0.15) is 12.3 Å². The second kappa shape index (κ2) is 6.48. The molecule has 6 aromatic rings. The number of para-hydroxylation sites is 2. The van der Waals surface area contributed by atoms with E-state index in [4.69, 9.17) is 4.74 Å². The topological polar surface area (TPSA) is 86.2 Å². The smallest absolute Gasteiger partial charge is 0.137 e. The Hall–Kier alpha value is -3.58. The molecule has 6 heteroatoms. The molecule has 0 radical (unpaired) electrons. The van der Waals surface area contributed by atoms with Gasteiger partial charge >= 0.3 is 0 Å². The van der Waals surface area contributed by atoms with E-state index in [9.17, 15) is 10.2 Å². The van der Waals surface area contributed by atoms with Gasteiger partial charge in [0.2, 0.25) is 0 Å². The Bertz CT molecular complexity index is 1840. The molecular weight excluding hydrogens is 414 g/mol. The number of aliphatic hydroxyl groups excluding tert-OH is 2. The molecule has 3 aromatic heterocycles. The quantitative estimate of drug-likeness (QED) is 0.318. The maximum atomic E-state index is 10.5. The van der Waals surface area contributed by atoms with Crippen LogP contribution in [-0.4, -0.2) is 43.6 Å². The van der Waals surface area contributed by atoms with Gasteiger partial charge < -0.3 is 29.5 Å². The number of fused-ring (bicyclic) bond motifs is 10. The number of nitrogens with one attached hydrogen (secondary N) is 2. The van der Waals surface area contributed by atoms with Gasteiger partial charge in [0.25, 0.3) is 0 Å². The zero-order valence-electron chi connectivity index (χ0n) is 17.9. The molecule has 0 bridgehead atoms. The summed E-state index contributed by atoms with van der Waals surface area (Å²) in [5.74, 6) is 0. The lowest BCUT2D eigenvalue weighted by atomic mass is 10.0. The van der Waals surface area contributed by atoms with Crippen molar-refractivity contribution in [1.82, 2.24) is 14.5 Å². The maximum absolute atomic E-state index is 10.5. The predicted octanol–water partition coefficient (Wildman–Crippen LogP) is 3.37. The van der Waals surface area contributed by atoms with Crippen LogP contribution in [0.1, 0.15) is 12.6 Å². The number of aromatic amines is 2. The highest BCUT2D eigenvalue weighted by molar-refractivity contribution is 6.35. The van der Waals surface area contributed by atoms with E-state index < -0.39 is 18.4 Å². The van der Waals surface area contributed by atoms with E-state index in [1.54, 1.807) is 0 Å². The number of aromatic nitrogens is 3. The Labute approximate surface area is 188 Å². The highest BCUT2D eigenvalue weighted by atomic mass is 16.5. The number of benzene rings is 3. The largest absolute Gasteiger partial charge is 0.390 e. The van der Waals surface area contributed by atoms with Crippen LogP contribution in [0.25, 0.3) is 67.5 Å². The third-order valence-electron chi connectivity index (χ3n) is 7.14. The highest BCUT2D eigenvalue weighted by Gasteiger charge is 2.32. The average Bonchev–Trinajstić information content (AvgIpc) is 3.45. The molecule has 3 aromatic carbocycles. The molecule has 0 spiro atoms. The summed E-state index contributed by atoms with van der Waals surface area (Å²) in [6.07, 6.45) is -1.83. The summed E-state index contributed by atoms with van der Waals surface area (Å²) in [5, 5.41) is 28.7. The molecule has 0 saturated carbocycles. The predicted molar refractivity (Wildman–Crippen MR) is 133 cm³/mol. The minimum Gasteiger partial charge on any atom is -0.390 e. The Balaban J connectivity index is 1.78. The van der Waals surface area contributed by atoms with Gasteiger partial charge in [-0.1, -0.05) is 49.6 Å². The molecule has 1 fully saturated rings. The molecular formula is C27H23N3O3. The zero-order valence-corrected chi connectivity index (χ0v) is 17.9. The van der Waals surface area contributed by atoms with E-state index >= 15 is 0 Å². The van der Waals surface area contributed by atoms with Gasteiger partial charge in [-0.2, -0.15) is 0 Å². The summed E-state index contributed by atoms with van der Waals surface area (Å²) in [6, 6.07) is 16.5. The lowest BCUT2D eigenvalue weighted by molar-refractivity contribution is -0.142. The molecule has 7 rings (SSSR count). The van der Waals surface area contributed by atoms with Crippen LogP contribution in [0.4, 0.5) is 0 Å². The number of hydrogen-bond donors (Lipinski definition) is 4. The monoisotopic (exact) mass is 437 g/mol. The molecule has 33 heavy (non-hydrogen) atoms. The van der Waals surface area contributed by atoms with Crippen LogP contribution in [0, 0.1) is 0 Å². The van der Waals surface area contributed by atoms with Gasteiger partial charge in [0.05, 0.1) is 29.3 Å². The first-order chi connectivity index (χ1) is 16.0. The van der Waals surface area contributed by atoms with E-state index in [2.05, 4.69) is 52.0 Å². The Morgan fingerprint density at radius 3 is 2.30 bits per heavy atom. The molecule has 0 amide bonds. The Kier molecular flexibility index (Phi) is 3.72. The molecule has 4 N–H and O–H groups in total. The third-order valence-corrected chi connectivity index (χ3v) is 7.14. The molecule has 1 aliphatic heterocycles. The molecule has 1 saturated heterocycles. The summed E-state index contributed by atoms with van der Waals surface area (Å²) < 4.78 is 8.27. The Morgan fingerprint density at radius 1 is 0.818 bits per heavy atom. The van der Waals surface area contributed by atoms with Crippen molar-refractivity contribution < 1.29 is 14.9 Å². The normalized spacial score (nSPS) is 21.8. The van der Waals surface area contributed by atoms with Crippen LogP contribution < -0.4 is 10.7 Å². The standard InChI is InChI=1S/C27H23N3O3/c1-13-22-23(14(2)28-13)25-16-8-4-6-10-18(16)30(21-11-19(31)20(32)12-33-21)27(25)26-24(22)15-7-3-5-9-17(15)29-26/h3-10,19-21,28-29,31-32H,1-2,11-12H2/t19-,20+,21-/m1/s1. The fourth-order valence-electron chi connectivity index (χ4n) is 5.73. The molecule has 0 aliphatic carbocycles. The fourth-order valence-corrected chi connectivity index (χ4v) is 5.73. The zero-order chi connectivity index (χ0) is 22.4. The Morgan fingerprint density at radius 2 is 1.52 bits per heavy atom. The minimum atomic E-state index is -0.876. The maximum Gasteiger partial charge on any atom is 0.137 e. The molecule has 6 nitrogen and oxygen atoms in total. The van der Waals surface area contributed by atoms with Gasteiger partial charge in [0.15, 0.2) is 0 Å². The minimum absolute atomic E-state index is 0.0890. The summed E-state index contributed by atoms with van der Waals surface area (Å²) in [7, 11) is 0. The number of aliphatic hydroxyl groups is 2. The van der Waals surface area contributed by atoms with Crippen LogP contribution in [0.3, 0.4) is 0 Å². The number of hydrogen-bond acceptors (Lipinski definition) is 3. The van der Waals surface area contributed by atoms with Gasteiger partial charge in [-0.3, -0.25) is 0 Å². The van der Waals surface area contributed by atoms with Crippen molar-refractivity contribution in [2.75, 3.05) is 6.61 Å². The van der Waals surface area contributed by atoms with E-state index in [1.807, 2.05) is 24.3 Å². The summed E-state index contributed by atoms with van der Waals surface area (Å²) in [4.78, 5) is 7.03. The van der Waals surface area contributed by atoms with Gasteiger partial charge in [-0.15, -0.1) is 0 Å². The average molecular weight is 437 g/mol. The molecule has 1 aliphatic rings. The number of rotatable bonds is 1. The summed E-state index contributed by atoms with van der Waals surface area (Å²) >= 11 is 0. The first-order valence-electron chi connectivity index (χ1n) is 11.2. The fraction of sp³-hybridized carbons (Fsp3) is 0.185. The molecule has 3 atom stereocenters. The van der Waals surface area contributed by atoms with Crippen LogP contribution in [-0.2, 0) is 4.74 Å². The molecule has 4 heterocycles. The molecule has 164 valence electrons. The van der Waals surface area contributed by atoms with Crippen molar-refractivity contribution in [2.45, 2.75) is 24.9 Å².